The summed E-state index contributed by atoms with van der Waals surface area (Å²) in [4.78, 5) is 23.7. The first-order valence-corrected chi connectivity index (χ1v) is 13.8. The molecule has 0 aromatic heterocycles. The number of hydrogen-bond acceptors (Lipinski definition) is 4. The van der Waals surface area contributed by atoms with Gasteiger partial charge in [-0.2, -0.15) is 0 Å². The Hall–Kier alpha value is -2.54. The molecule has 220 valence electrons. The van der Waals surface area contributed by atoms with Gasteiger partial charge in [-0.15, -0.1) is 0 Å². The van der Waals surface area contributed by atoms with Gasteiger partial charge in [0.25, 0.3) is 0 Å². The molecule has 2 aromatic carbocycles. The monoisotopic (exact) mass is 583 g/mol. The van der Waals surface area contributed by atoms with Crippen LogP contribution in [0.15, 0.2) is 54.1 Å². The van der Waals surface area contributed by atoms with Crippen LogP contribution < -0.4 is 10.1 Å². The lowest BCUT2D eigenvalue weighted by molar-refractivity contribution is -0.141. The Kier molecular flexibility index (Phi) is 21.1. The van der Waals surface area contributed by atoms with Gasteiger partial charge in [-0.05, 0) is 62.4 Å². The lowest BCUT2D eigenvalue weighted by Gasteiger charge is -2.19. The van der Waals surface area contributed by atoms with E-state index in [2.05, 4.69) is 25.2 Å². The molecule has 0 spiro atoms. The van der Waals surface area contributed by atoms with E-state index in [1.807, 2.05) is 41.5 Å². The van der Waals surface area contributed by atoms with Crippen LogP contribution in [0.4, 0.5) is 0 Å². The second-order valence-corrected chi connectivity index (χ2v) is 10.5. The van der Waals surface area contributed by atoms with Crippen molar-refractivity contribution in [2.45, 2.75) is 87.3 Å². The van der Waals surface area contributed by atoms with E-state index in [1.54, 1.807) is 42.5 Å². The Balaban J connectivity index is 0. The number of benzene rings is 2. The van der Waals surface area contributed by atoms with E-state index < -0.39 is 12.0 Å². The predicted molar refractivity (Wildman–Crippen MR) is 164 cm³/mol. The van der Waals surface area contributed by atoms with Crippen LogP contribution in [0.2, 0.25) is 10.0 Å². The number of halogens is 2. The molecule has 2 rings (SSSR count). The first-order chi connectivity index (χ1) is 18.3. The number of carboxylic acid groups (broad SMARTS) is 1. The number of aliphatic hydroxyl groups is 1. The van der Waals surface area contributed by atoms with E-state index in [9.17, 15) is 14.7 Å². The molecule has 0 saturated carbocycles. The van der Waals surface area contributed by atoms with Crippen molar-refractivity contribution in [3.05, 3.63) is 75.3 Å². The fraction of sp³-hybridized carbons (Fsp3) is 0.484. The number of allylic oxidation sites excluding steroid dienone is 2. The van der Waals surface area contributed by atoms with Crippen LogP contribution in [0, 0.1) is 5.41 Å². The third-order valence-electron chi connectivity index (χ3n) is 5.12. The van der Waals surface area contributed by atoms with Gasteiger partial charge in [0.2, 0.25) is 5.91 Å². The van der Waals surface area contributed by atoms with Gasteiger partial charge in [-0.3, -0.25) is 4.79 Å². The summed E-state index contributed by atoms with van der Waals surface area (Å²) in [6.07, 6.45) is 3.25. The van der Waals surface area contributed by atoms with E-state index in [4.69, 9.17) is 33.0 Å². The third-order valence-corrected chi connectivity index (χ3v) is 5.83. The minimum Gasteiger partial charge on any atom is -0.489 e. The Morgan fingerprint density at radius 3 is 1.90 bits per heavy atom. The third kappa shape index (κ3) is 18.4. The molecule has 1 atom stereocenters. The van der Waals surface area contributed by atoms with Crippen molar-refractivity contribution in [3.8, 4) is 5.75 Å². The molecule has 1 unspecified atom stereocenters. The average Bonchev–Trinajstić information content (AvgIpc) is 2.90. The number of nitrogens with one attached hydrogen (secondary N) is 1. The van der Waals surface area contributed by atoms with Gasteiger partial charge in [0.05, 0.1) is 0 Å². The summed E-state index contributed by atoms with van der Waals surface area (Å²) in [5.74, 6) is -0.711. The minimum absolute atomic E-state index is 0.0140. The molecule has 0 saturated heterocycles. The molecule has 0 aliphatic carbocycles. The van der Waals surface area contributed by atoms with E-state index in [1.165, 1.54) is 5.57 Å². The molecule has 39 heavy (non-hydrogen) atoms. The molecule has 0 fully saturated rings. The first kappa shape index (κ1) is 38.6. The summed E-state index contributed by atoms with van der Waals surface area (Å²) >= 11 is 12.3. The molecular formula is C31H47Cl2NO5. The summed E-state index contributed by atoms with van der Waals surface area (Å²) in [6.45, 7) is 16.5. The fourth-order valence-corrected chi connectivity index (χ4v) is 3.24. The van der Waals surface area contributed by atoms with Crippen LogP contribution in [0.3, 0.4) is 0 Å². The lowest BCUT2D eigenvalue weighted by Crippen LogP contribution is -2.42. The first-order valence-electron chi connectivity index (χ1n) is 13.0. The summed E-state index contributed by atoms with van der Waals surface area (Å²) in [7, 11) is 1.00. The van der Waals surface area contributed by atoms with Crippen molar-refractivity contribution in [1.82, 2.24) is 5.32 Å². The van der Waals surface area contributed by atoms with Crippen molar-refractivity contribution in [3.63, 3.8) is 0 Å². The molecule has 2 aromatic rings. The van der Waals surface area contributed by atoms with Crippen LogP contribution in [0.5, 0.6) is 5.75 Å². The van der Waals surface area contributed by atoms with Gasteiger partial charge >= 0.3 is 5.97 Å². The Morgan fingerprint density at radius 1 is 1.00 bits per heavy atom. The van der Waals surface area contributed by atoms with Crippen LogP contribution in [0.1, 0.15) is 79.4 Å². The lowest BCUT2D eigenvalue weighted by atomic mass is 9.90. The van der Waals surface area contributed by atoms with Gasteiger partial charge < -0.3 is 20.3 Å². The van der Waals surface area contributed by atoms with Gasteiger partial charge in [-0.25, -0.2) is 4.79 Å². The second kappa shape index (κ2) is 21.3. The maximum Gasteiger partial charge on any atom is 0.326 e. The Labute approximate surface area is 245 Å². The van der Waals surface area contributed by atoms with E-state index in [-0.39, 0.29) is 24.3 Å². The van der Waals surface area contributed by atoms with Crippen molar-refractivity contribution >= 4 is 35.1 Å². The largest absolute Gasteiger partial charge is 0.489 e. The minimum atomic E-state index is -1.06. The average molecular weight is 585 g/mol. The maximum atomic E-state index is 12.1. The molecule has 3 N–H and O–H groups in total. The molecule has 0 aliphatic rings. The number of hydrogen-bond donors (Lipinski definition) is 3. The Morgan fingerprint density at radius 2 is 1.49 bits per heavy atom. The number of carbonyl (C=O) groups excluding carboxylic acids is 1. The zero-order valence-corrected chi connectivity index (χ0v) is 26.4. The smallest absolute Gasteiger partial charge is 0.326 e. The summed E-state index contributed by atoms with van der Waals surface area (Å²) in [6, 6.07) is 11.3. The molecule has 8 heteroatoms. The van der Waals surface area contributed by atoms with E-state index in [0.717, 1.165) is 12.7 Å². The molecule has 0 radical (unpaired) electrons. The maximum absolute atomic E-state index is 12.1. The zero-order valence-electron chi connectivity index (χ0n) is 24.9. The van der Waals surface area contributed by atoms with Crippen molar-refractivity contribution in [2.75, 3.05) is 7.11 Å². The number of amides is 1. The molecule has 0 bridgehead atoms. The number of rotatable bonds is 9. The van der Waals surface area contributed by atoms with Crippen LogP contribution >= 0.6 is 23.2 Å². The van der Waals surface area contributed by atoms with Crippen LogP contribution in [0.25, 0.3) is 0 Å². The topological polar surface area (TPSA) is 95.9 Å². The number of carbonyl (C=O) groups is 2. The summed E-state index contributed by atoms with van der Waals surface area (Å²) in [5, 5.41) is 20.1. The normalized spacial score (nSPS) is 10.7. The zero-order chi connectivity index (χ0) is 30.6. The van der Waals surface area contributed by atoms with Crippen LogP contribution in [-0.4, -0.2) is 35.2 Å². The van der Waals surface area contributed by atoms with Gasteiger partial charge in [0, 0.05) is 35.6 Å². The molecular weight excluding hydrogens is 537 g/mol. The van der Waals surface area contributed by atoms with Crippen molar-refractivity contribution in [1.29, 1.82) is 0 Å². The number of aliphatic carboxylic acids is 1. The fourth-order valence-electron chi connectivity index (χ4n) is 2.74. The van der Waals surface area contributed by atoms with E-state index in [0.29, 0.717) is 34.2 Å². The predicted octanol–water partition coefficient (Wildman–Crippen LogP) is 8.12. The highest BCUT2D eigenvalue weighted by molar-refractivity contribution is 6.35. The van der Waals surface area contributed by atoms with Gasteiger partial charge in [0.15, 0.2) is 0 Å². The molecule has 6 nitrogen and oxygen atoms in total. The van der Waals surface area contributed by atoms with E-state index >= 15 is 0 Å². The molecule has 1 amide bonds. The number of ether oxygens (including phenoxy) is 1. The highest BCUT2D eigenvalue weighted by Crippen LogP contribution is 2.26. The van der Waals surface area contributed by atoms with Gasteiger partial charge in [-0.1, -0.05) is 87.7 Å². The SMILES string of the molecule is CC.CC(C)(C)CCC(=O)NC(Cc1ccc(OCc2c(Cl)cccc2Cl)cc1)C(=O)O.CC=C(C)C.CO. The highest BCUT2D eigenvalue weighted by Gasteiger charge is 2.21. The summed E-state index contributed by atoms with van der Waals surface area (Å²) < 4.78 is 5.73. The number of aliphatic hydroxyl groups excluding tert-OH is 1. The molecule has 0 aliphatic heterocycles. The van der Waals surface area contributed by atoms with Crippen molar-refractivity contribution < 1.29 is 24.5 Å². The summed E-state index contributed by atoms with van der Waals surface area (Å²) in [5.41, 5.74) is 2.88. The van der Waals surface area contributed by atoms with Crippen molar-refractivity contribution in [2.24, 2.45) is 5.41 Å². The quantitative estimate of drug-likeness (QED) is 0.259. The Bertz CT molecular complexity index is 975. The highest BCUT2D eigenvalue weighted by atomic mass is 35.5. The van der Waals surface area contributed by atoms with Crippen LogP contribution in [-0.2, 0) is 22.6 Å². The second-order valence-electron chi connectivity index (χ2n) is 9.72. The standard InChI is InChI=1S/C23H27Cl2NO4.C5H10.C2H6.CH4O/c1-23(2,3)12-11-21(27)26-20(22(28)29)13-15-7-9-16(10-8-15)30-14-17-18(24)5-4-6-19(17)25;1-4-5(2)3;2*1-2/h4-10,20H,11-14H2,1-3H3,(H,26,27)(H,28,29);4H,1-3H3;1-2H3;2H,1H3. The molecule has 0 heterocycles. The number of carboxylic acids is 1. The van der Waals surface area contributed by atoms with Gasteiger partial charge in [0.1, 0.15) is 18.4 Å².